The lowest BCUT2D eigenvalue weighted by Crippen LogP contribution is -2.58. The van der Waals surface area contributed by atoms with Crippen LogP contribution in [0.2, 0.25) is 18.1 Å². The van der Waals surface area contributed by atoms with Crippen molar-refractivity contribution in [3.63, 3.8) is 0 Å². The summed E-state index contributed by atoms with van der Waals surface area (Å²) in [6.07, 6.45) is 0.377. The maximum absolute atomic E-state index is 14.4. The van der Waals surface area contributed by atoms with E-state index in [1.165, 1.54) is 16.4 Å². The second-order valence-corrected chi connectivity index (χ2v) is 21.7. The van der Waals surface area contributed by atoms with Crippen molar-refractivity contribution in [1.29, 1.82) is 0 Å². The van der Waals surface area contributed by atoms with Gasteiger partial charge in [0.2, 0.25) is 10.0 Å². The van der Waals surface area contributed by atoms with Gasteiger partial charge in [0.05, 0.1) is 17.8 Å². The smallest absolute Gasteiger partial charge is 0.241 e. The van der Waals surface area contributed by atoms with E-state index in [9.17, 15) is 12.8 Å². The molecule has 0 spiro atoms. The van der Waals surface area contributed by atoms with Gasteiger partial charge in [-0.15, -0.1) is 0 Å². The highest BCUT2D eigenvalue weighted by molar-refractivity contribution is 7.95. The van der Waals surface area contributed by atoms with Gasteiger partial charge >= 0.3 is 0 Å². The number of nitrogens with zero attached hydrogens (tertiary/aromatic N) is 1. The first-order chi connectivity index (χ1) is 24.8. The molecule has 5 aromatic carbocycles. The standard InChI is InChI=1S/C43H48FNO5SSi/c1-43(2,3)52(4,5)50-39(34-21-23-35(44)24-22-34)27-28-41-42(45(51(41,46)47)36-19-13-8-14-20-36)38-26-25-37(48-30-32-15-9-6-10-16-32)29-40(38)49-31-33-17-11-7-12-18-33/h6-26,29,39,41-42H,27-28,30-31H2,1-5H3/t39-,41-,42+/m0/s1. The van der Waals surface area contributed by atoms with Gasteiger partial charge < -0.3 is 13.9 Å². The lowest BCUT2D eigenvalue weighted by molar-refractivity contribution is 0.168. The summed E-state index contributed by atoms with van der Waals surface area (Å²) in [6, 6.07) is 40.6. The molecule has 52 heavy (non-hydrogen) atoms. The van der Waals surface area contributed by atoms with E-state index in [1.807, 2.05) is 109 Å². The van der Waals surface area contributed by atoms with Crippen LogP contribution in [0.5, 0.6) is 11.5 Å². The number of para-hydroxylation sites is 1. The van der Waals surface area contributed by atoms with E-state index in [0.29, 0.717) is 43.2 Å². The molecular weight excluding hydrogens is 690 g/mol. The third-order valence-electron chi connectivity index (χ3n) is 10.3. The number of halogens is 1. The zero-order chi connectivity index (χ0) is 36.9. The van der Waals surface area contributed by atoms with Crippen molar-refractivity contribution in [3.8, 4) is 11.5 Å². The Labute approximate surface area is 309 Å². The first-order valence-electron chi connectivity index (χ1n) is 17.8. The summed E-state index contributed by atoms with van der Waals surface area (Å²) in [6.45, 7) is 11.6. The first-order valence-corrected chi connectivity index (χ1v) is 22.2. The van der Waals surface area contributed by atoms with Crippen LogP contribution < -0.4 is 13.8 Å². The topological polar surface area (TPSA) is 65.1 Å². The van der Waals surface area contributed by atoms with E-state index in [1.54, 1.807) is 12.1 Å². The van der Waals surface area contributed by atoms with Crippen molar-refractivity contribution in [2.45, 2.75) is 82.4 Å². The fraction of sp³-hybridized carbons (Fsp3) is 0.302. The molecule has 3 atom stereocenters. The molecule has 9 heteroatoms. The quantitative estimate of drug-likeness (QED) is 0.106. The molecule has 1 fully saturated rings. The van der Waals surface area contributed by atoms with Crippen LogP contribution in [0.1, 0.15) is 68.0 Å². The van der Waals surface area contributed by atoms with Crippen molar-refractivity contribution in [2.75, 3.05) is 4.31 Å². The number of hydrogen-bond acceptors (Lipinski definition) is 5. The second kappa shape index (κ2) is 15.7. The third kappa shape index (κ3) is 8.43. The van der Waals surface area contributed by atoms with Crippen LogP contribution in [0.15, 0.2) is 133 Å². The fourth-order valence-corrected chi connectivity index (χ4v) is 9.78. The minimum absolute atomic E-state index is 0.0736. The van der Waals surface area contributed by atoms with Crippen molar-refractivity contribution in [2.24, 2.45) is 0 Å². The minimum Gasteiger partial charge on any atom is -0.489 e. The molecule has 0 aromatic heterocycles. The van der Waals surface area contributed by atoms with Crippen molar-refractivity contribution in [3.05, 3.63) is 162 Å². The van der Waals surface area contributed by atoms with Gasteiger partial charge in [0.15, 0.2) is 8.32 Å². The molecule has 0 bridgehead atoms. The number of hydrogen-bond donors (Lipinski definition) is 0. The van der Waals surface area contributed by atoms with Gasteiger partial charge in [0.25, 0.3) is 0 Å². The van der Waals surface area contributed by atoms with Gasteiger partial charge in [-0.1, -0.05) is 112 Å². The number of rotatable bonds is 14. The monoisotopic (exact) mass is 737 g/mol. The lowest BCUT2D eigenvalue weighted by atomic mass is 9.95. The Morgan fingerprint density at radius 3 is 1.88 bits per heavy atom. The highest BCUT2D eigenvalue weighted by atomic mass is 32.2. The van der Waals surface area contributed by atoms with Gasteiger partial charge in [-0.3, -0.25) is 4.31 Å². The summed E-state index contributed by atoms with van der Waals surface area (Å²) in [5, 5.41) is -0.829. The van der Waals surface area contributed by atoms with Crippen LogP contribution in [0.3, 0.4) is 0 Å². The Balaban J connectivity index is 1.36. The van der Waals surface area contributed by atoms with Crippen LogP contribution in [0, 0.1) is 5.82 Å². The maximum Gasteiger partial charge on any atom is 0.241 e. The summed E-state index contributed by atoms with van der Waals surface area (Å²) >= 11 is 0. The third-order valence-corrected chi connectivity index (χ3v) is 17.0. The summed E-state index contributed by atoms with van der Waals surface area (Å²) in [7, 11) is -6.06. The number of ether oxygens (including phenoxy) is 2. The molecule has 0 radical (unpaired) electrons. The van der Waals surface area contributed by atoms with Gasteiger partial charge in [-0.05, 0) is 84.1 Å². The Morgan fingerprint density at radius 2 is 1.31 bits per heavy atom. The summed E-state index contributed by atoms with van der Waals surface area (Å²) < 4.78 is 64.0. The lowest BCUT2D eigenvalue weighted by Gasteiger charge is -2.49. The summed E-state index contributed by atoms with van der Waals surface area (Å²) in [5.74, 6) is 0.863. The highest BCUT2D eigenvalue weighted by Gasteiger charge is 2.55. The second-order valence-electron chi connectivity index (χ2n) is 14.9. The summed E-state index contributed by atoms with van der Waals surface area (Å²) in [5.41, 5.74) is 4.22. The normalized spacial score (nSPS) is 17.6. The molecule has 6 nitrogen and oxygen atoms in total. The highest BCUT2D eigenvalue weighted by Crippen LogP contribution is 2.51. The Morgan fingerprint density at radius 1 is 0.750 bits per heavy atom. The van der Waals surface area contributed by atoms with E-state index in [4.69, 9.17) is 13.9 Å². The van der Waals surface area contributed by atoms with E-state index in [2.05, 4.69) is 33.9 Å². The van der Waals surface area contributed by atoms with Crippen molar-refractivity contribution >= 4 is 24.0 Å². The molecule has 0 amide bonds. The maximum atomic E-state index is 14.4. The fourth-order valence-electron chi connectivity index (χ4n) is 6.34. The molecule has 6 rings (SSSR count). The van der Waals surface area contributed by atoms with E-state index < -0.39 is 35.7 Å². The van der Waals surface area contributed by atoms with Gasteiger partial charge in [-0.25, -0.2) is 12.8 Å². The van der Waals surface area contributed by atoms with Gasteiger partial charge in [0.1, 0.15) is 35.8 Å². The zero-order valence-corrected chi connectivity index (χ0v) is 32.4. The van der Waals surface area contributed by atoms with Crippen LogP contribution in [-0.4, -0.2) is 22.0 Å². The SMILES string of the molecule is CC(C)(C)[Si](C)(C)O[C@@H](CC[C@H]1[C@@H](c2ccc(OCc3ccccc3)cc2OCc2ccccc2)N(c2ccccc2)S1(=O)=O)c1ccc(F)cc1. The number of benzene rings is 5. The van der Waals surface area contributed by atoms with E-state index in [-0.39, 0.29) is 10.9 Å². The summed E-state index contributed by atoms with van der Waals surface area (Å²) in [4.78, 5) is 0. The number of anilines is 1. The molecular formula is C43H48FNO5SSi. The van der Waals surface area contributed by atoms with E-state index in [0.717, 1.165) is 22.3 Å². The minimum atomic E-state index is -3.77. The largest absolute Gasteiger partial charge is 0.489 e. The Bertz CT molecular complexity index is 2020. The molecule has 0 N–H and O–H groups in total. The molecule has 272 valence electrons. The van der Waals surface area contributed by atoms with Crippen LogP contribution in [-0.2, 0) is 27.7 Å². The molecule has 1 heterocycles. The van der Waals surface area contributed by atoms with Gasteiger partial charge in [-0.2, -0.15) is 0 Å². The predicted octanol–water partition coefficient (Wildman–Crippen LogP) is 10.8. The first kappa shape index (κ1) is 37.3. The van der Waals surface area contributed by atoms with Crippen molar-refractivity contribution < 1.29 is 26.7 Å². The van der Waals surface area contributed by atoms with Crippen LogP contribution in [0.4, 0.5) is 10.1 Å². The number of sulfonamides is 1. The Kier molecular flexibility index (Phi) is 11.2. The molecule has 1 saturated heterocycles. The van der Waals surface area contributed by atoms with Gasteiger partial charge in [0, 0.05) is 11.6 Å². The molecule has 1 aliphatic heterocycles. The zero-order valence-electron chi connectivity index (χ0n) is 30.5. The van der Waals surface area contributed by atoms with Crippen LogP contribution in [0.25, 0.3) is 0 Å². The molecule has 1 aliphatic rings. The Hall–Kier alpha value is -4.44. The van der Waals surface area contributed by atoms with Crippen LogP contribution >= 0.6 is 0 Å². The molecule has 0 aliphatic carbocycles. The molecule has 0 saturated carbocycles. The average molecular weight is 738 g/mol. The van der Waals surface area contributed by atoms with Crippen molar-refractivity contribution in [1.82, 2.24) is 0 Å². The molecule has 0 unspecified atom stereocenters. The molecule has 5 aromatic rings. The van der Waals surface area contributed by atoms with E-state index >= 15 is 0 Å². The average Bonchev–Trinajstić information content (AvgIpc) is 3.13. The predicted molar refractivity (Wildman–Crippen MR) is 209 cm³/mol.